The Morgan fingerprint density at radius 3 is 2.36 bits per heavy atom. The summed E-state index contributed by atoms with van der Waals surface area (Å²) in [7, 11) is 0. The molecule has 1 aromatic heterocycles. The molecule has 0 aliphatic carbocycles. The number of benzene rings is 3. The average molecular weight is 597 g/mol. The van der Waals surface area contributed by atoms with Gasteiger partial charge in [0.2, 0.25) is 0 Å². The highest BCUT2D eigenvalue weighted by atomic mass is 79.9. The number of carbonyl (C=O) groups excluding carboxylic acids is 2. The van der Waals surface area contributed by atoms with Crippen LogP contribution >= 0.6 is 15.9 Å². The van der Waals surface area contributed by atoms with Gasteiger partial charge in [0.05, 0.1) is 16.9 Å². The first-order valence-electron chi connectivity index (χ1n) is 12.3. The van der Waals surface area contributed by atoms with Crippen LogP contribution in [0.3, 0.4) is 0 Å². The molecule has 39 heavy (non-hydrogen) atoms. The molecule has 2 heterocycles. The second-order valence-electron chi connectivity index (χ2n) is 9.21. The third kappa shape index (κ3) is 4.96. The molecule has 0 unspecified atom stereocenters. The van der Waals surface area contributed by atoms with E-state index in [-0.39, 0.29) is 11.5 Å². The lowest BCUT2D eigenvalue weighted by Crippen LogP contribution is -2.55. The van der Waals surface area contributed by atoms with Crippen molar-refractivity contribution < 1.29 is 22.8 Å². The van der Waals surface area contributed by atoms with Crippen LogP contribution in [0.1, 0.15) is 45.6 Å². The van der Waals surface area contributed by atoms with Crippen molar-refractivity contribution in [2.24, 2.45) is 0 Å². The number of hydrogen-bond donors (Lipinski definition) is 1. The highest BCUT2D eigenvalue weighted by Crippen LogP contribution is 2.43. The molecule has 10 heteroatoms. The van der Waals surface area contributed by atoms with Gasteiger partial charge < -0.3 is 5.32 Å². The number of fused-ring (bicyclic) bond motifs is 1. The maximum absolute atomic E-state index is 14.0. The van der Waals surface area contributed by atoms with Crippen LogP contribution in [0.15, 0.2) is 83.3 Å². The zero-order chi connectivity index (χ0) is 27.9. The second kappa shape index (κ2) is 10.3. The van der Waals surface area contributed by atoms with Crippen molar-refractivity contribution in [3.8, 4) is 5.69 Å². The Labute approximate surface area is 231 Å². The van der Waals surface area contributed by atoms with E-state index < -0.39 is 29.6 Å². The van der Waals surface area contributed by atoms with E-state index in [0.717, 1.165) is 33.4 Å². The highest BCUT2D eigenvalue weighted by Gasteiger charge is 2.45. The monoisotopic (exact) mass is 596 g/mol. The molecule has 0 radical (unpaired) electrons. The molecule has 3 aromatic carbocycles. The fourth-order valence-corrected chi connectivity index (χ4v) is 5.29. The fourth-order valence-electron chi connectivity index (χ4n) is 5.02. The first-order chi connectivity index (χ1) is 18.6. The Bertz CT molecular complexity index is 1530. The number of alkyl halides is 3. The molecule has 2 amide bonds. The molecule has 2 atom stereocenters. The molecule has 6 nitrogen and oxygen atoms in total. The van der Waals surface area contributed by atoms with Gasteiger partial charge in [0.1, 0.15) is 11.9 Å². The van der Waals surface area contributed by atoms with Crippen molar-refractivity contribution in [2.75, 3.05) is 11.4 Å². The van der Waals surface area contributed by atoms with Crippen molar-refractivity contribution in [1.82, 2.24) is 15.1 Å². The molecule has 0 spiro atoms. The van der Waals surface area contributed by atoms with Crippen LogP contribution < -0.4 is 10.2 Å². The predicted molar refractivity (Wildman–Crippen MR) is 145 cm³/mol. The molecule has 0 fully saturated rings. The van der Waals surface area contributed by atoms with Crippen molar-refractivity contribution in [3.63, 3.8) is 0 Å². The number of likely N-dealkylation sites (N-methyl/N-ethyl adjacent to an activating group) is 1. The topological polar surface area (TPSA) is 67.2 Å². The van der Waals surface area contributed by atoms with Crippen LogP contribution in [0, 0.1) is 6.92 Å². The molecule has 1 N–H and O–H groups in total. The van der Waals surface area contributed by atoms with Gasteiger partial charge in [-0.15, -0.1) is 0 Å². The normalized spacial score (nSPS) is 17.2. The fraction of sp³-hybridized carbons (Fsp3) is 0.207. The van der Waals surface area contributed by atoms with Gasteiger partial charge in [0, 0.05) is 28.1 Å². The Hall–Kier alpha value is -3.92. The van der Waals surface area contributed by atoms with E-state index in [0.29, 0.717) is 18.1 Å². The summed E-state index contributed by atoms with van der Waals surface area (Å²) in [5.41, 5.74) is 1.84. The number of nitrogens with zero attached hydrogens (tertiary/aromatic N) is 3. The molecule has 200 valence electrons. The van der Waals surface area contributed by atoms with Gasteiger partial charge in [0.25, 0.3) is 11.8 Å². The lowest BCUT2D eigenvalue weighted by molar-refractivity contribution is -0.137. The van der Waals surface area contributed by atoms with Crippen molar-refractivity contribution in [1.29, 1.82) is 0 Å². The van der Waals surface area contributed by atoms with E-state index in [1.54, 1.807) is 9.58 Å². The summed E-state index contributed by atoms with van der Waals surface area (Å²) in [6.45, 7) is 3.97. The molecular formula is C29H24BrF3N4O2. The molecule has 0 bridgehead atoms. The summed E-state index contributed by atoms with van der Waals surface area (Å²) in [5, 5.41) is 7.54. The number of rotatable bonds is 5. The van der Waals surface area contributed by atoms with Crippen LogP contribution in [0.5, 0.6) is 0 Å². The highest BCUT2D eigenvalue weighted by molar-refractivity contribution is 9.10. The van der Waals surface area contributed by atoms with E-state index in [1.165, 1.54) is 12.1 Å². The number of nitrogens with one attached hydrogen (secondary N) is 1. The molecule has 4 aromatic rings. The number of anilines is 1. The summed E-state index contributed by atoms with van der Waals surface area (Å²) in [6, 6.07) is 19.9. The first kappa shape index (κ1) is 26.7. The molecule has 0 saturated carbocycles. The van der Waals surface area contributed by atoms with Crippen LogP contribution in [0.2, 0.25) is 0 Å². The van der Waals surface area contributed by atoms with Crippen LogP contribution in [0.25, 0.3) is 5.69 Å². The van der Waals surface area contributed by atoms with E-state index >= 15 is 0 Å². The number of aromatic nitrogens is 2. The van der Waals surface area contributed by atoms with Crippen molar-refractivity contribution in [2.45, 2.75) is 32.0 Å². The number of aryl methyl sites for hydroxylation is 1. The molecule has 1 aliphatic rings. The van der Waals surface area contributed by atoms with Crippen LogP contribution in [-0.4, -0.2) is 34.2 Å². The largest absolute Gasteiger partial charge is 0.416 e. The Balaban J connectivity index is 1.65. The van der Waals surface area contributed by atoms with Crippen LogP contribution in [-0.2, 0) is 11.0 Å². The summed E-state index contributed by atoms with van der Waals surface area (Å²) in [4.78, 5) is 28.9. The van der Waals surface area contributed by atoms with Gasteiger partial charge in [-0.25, -0.2) is 4.68 Å². The minimum Gasteiger partial charge on any atom is -0.339 e. The Kier molecular flexibility index (Phi) is 7.07. The second-order valence-corrected chi connectivity index (χ2v) is 10.1. The van der Waals surface area contributed by atoms with Gasteiger partial charge in [-0.2, -0.15) is 18.3 Å². The zero-order valence-electron chi connectivity index (χ0n) is 21.0. The van der Waals surface area contributed by atoms with Crippen molar-refractivity contribution in [3.05, 3.63) is 111 Å². The third-order valence-electron chi connectivity index (χ3n) is 6.80. The molecule has 1 aliphatic heterocycles. The van der Waals surface area contributed by atoms with Gasteiger partial charge in [-0.3, -0.25) is 14.5 Å². The molecular weight excluding hydrogens is 573 g/mol. The summed E-state index contributed by atoms with van der Waals surface area (Å²) < 4.78 is 42.5. The SMILES string of the molecule is CCN1C(=O)[C@@H](NC(=O)c2cccc(C(F)(F)F)c2)[C@@H](c2ccc(Br)cc2)c2c(C)nn(-c3ccccc3)c21. The van der Waals surface area contributed by atoms with Crippen LogP contribution in [0.4, 0.5) is 19.0 Å². The van der Waals surface area contributed by atoms with Gasteiger partial charge in [-0.1, -0.05) is 52.3 Å². The predicted octanol–water partition coefficient (Wildman–Crippen LogP) is 6.26. The Morgan fingerprint density at radius 1 is 1.03 bits per heavy atom. The smallest absolute Gasteiger partial charge is 0.339 e. The number of amides is 2. The summed E-state index contributed by atoms with van der Waals surface area (Å²) in [6.07, 6.45) is -4.60. The van der Waals surface area contributed by atoms with Gasteiger partial charge in [0.15, 0.2) is 0 Å². The van der Waals surface area contributed by atoms with E-state index in [4.69, 9.17) is 5.10 Å². The van der Waals surface area contributed by atoms with E-state index in [2.05, 4.69) is 21.2 Å². The maximum atomic E-state index is 14.0. The number of carbonyl (C=O) groups is 2. The lowest BCUT2D eigenvalue weighted by atomic mass is 9.81. The minimum atomic E-state index is -4.60. The summed E-state index contributed by atoms with van der Waals surface area (Å²) in [5.74, 6) is -1.18. The minimum absolute atomic E-state index is 0.183. The first-order valence-corrected chi connectivity index (χ1v) is 13.1. The standard InChI is InChI=1S/C29H24BrF3N4O2/c1-3-36-27-23(17(2)35-37(27)22-10-5-4-6-11-22)24(18-12-14-21(30)15-13-18)25(28(36)39)34-26(38)19-8-7-9-20(16-19)29(31,32)33/h4-16,24-25H,3H2,1-2H3,(H,34,38)/t24-,25-/m0/s1. The number of halogens is 4. The van der Waals surface area contributed by atoms with Gasteiger partial charge >= 0.3 is 6.18 Å². The number of hydrogen-bond acceptors (Lipinski definition) is 3. The van der Waals surface area contributed by atoms with E-state index in [1.807, 2.05) is 68.4 Å². The van der Waals surface area contributed by atoms with Crippen molar-refractivity contribution >= 4 is 33.6 Å². The third-order valence-corrected chi connectivity index (χ3v) is 7.33. The lowest BCUT2D eigenvalue weighted by Gasteiger charge is -2.38. The average Bonchev–Trinajstić information content (AvgIpc) is 3.26. The molecule has 0 saturated heterocycles. The Morgan fingerprint density at radius 2 is 1.72 bits per heavy atom. The number of para-hydroxylation sites is 1. The molecule has 5 rings (SSSR count). The summed E-state index contributed by atoms with van der Waals surface area (Å²) >= 11 is 3.44. The quantitative estimate of drug-likeness (QED) is 0.296. The van der Waals surface area contributed by atoms with Gasteiger partial charge in [-0.05, 0) is 61.9 Å². The maximum Gasteiger partial charge on any atom is 0.416 e. The zero-order valence-corrected chi connectivity index (χ0v) is 22.6. The van der Waals surface area contributed by atoms with E-state index in [9.17, 15) is 22.8 Å².